The summed E-state index contributed by atoms with van der Waals surface area (Å²) in [5.41, 5.74) is -0.375. The zero-order valence-corrected chi connectivity index (χ0v) is 11.0. The lowest BCUT2D eigenvalue weighted by Crippen LogP contribution is -2.53. The largest absolute Gasteiger partial charge is 0.416 e. The van der Waals surface area contributed by atoms with Crippen LogP contribution in [0.3, 0.4) is 0 Å². The Labute approximate surface area is 114 Å². The zero-order valence-electron chi connectivity index (χ0n) is 11.0. The van der Waals surface area contributed by atoms with Crippen LogP contribution in [0.1, 0.15) is 12.5 Å². The first kappa shape index (κ1) is 14.6. The molecule has 2 rings (SSSR count). The normalized spacial score (nSPS) is 19.8. The molecule has 1 fully saturated rings. The summed E-state index contributed by atoms with van der Waals surface area (Å²) in [6.07, 6.45) is -4.37. The number of piperazine rings is 1. The van der Waals surface area contributed by atoms with Gasteiger partial charge in [0.05, 0.1) is 5.56 Å². The first-order valence-corrected chi connectivity index (χ1v) is 6.33. The Morgan fingerprint density at radius 3 is 2.55 bits per heavy atom. The summed E-state index contributed by atoms with van der Waals surface area (Å²) in [6, 6.07) is 4.19. The van der Waals surface area contributed by atoms with E-state index in [1.807, 2.05) is 6.92 Å². The molecule has 0 spiro atoms. The Kier molecular flexibility index (Phi) is 4.17. The van der Waals surface area contributed by atoms with Crippen molar-refractivity contribution in [2.75, 3.05) is 25.0 Å². The molecular weight excluding hydrogens is 271 g/mol. The number of anilines is 1. The fourth-order valence-corrected chi connectivity index (χ4v) is 2.08. The van der Waals surface area contributed by atoms with E-state index < -0.39 is 11.7 Å². The minimum Gasteiger partial charge on any atom is -0.319 e. The molecule has 1 heterocycles. The van der Waals surface area contributed by atoms with Gasteiger partial charge in [0.25, 0.3) is 0 Å². The number of amides is 2. The van der Waals surface area contributed by atoms with Crippen molar-refractivity contribution in [3.8, 4) is 0 Å². The predicted octanol–water partition coefficient (Wildman–Crippen LogP) is 2.53. The smallest absolute Gasteiger partial charge is 0.319 e. The van der Waals surface area contributed by atoms with E-state index in [1.54, 1.807) is 4.90 Å². The molecule has 2 N–H and O–H groups in total. The molecule has 0 radical (unpaired) electrons. The molecule has 0 aromatic heterocycles. The molecule has 7 heteroatoms. The number of urea groups is 1. The predicted molar refractivity (Wildman–Crippen MR) is 69.5 cm³/mol. The van der Waals surface area contributed by atoms with Crippen molar-refractivity contribution >= 4 is 11.7 Å². The minimum absolute atomic E-state index is 0.0539. The second kappa shape index (κ2) is 5.70. The molecular formula is C13H16F3N3O. The van der Waals surface area contributed by atoms with Gasteiger partial charge >= 0.3 is 12.2 Å². The fourth-order valence-electron chi connectivity index (χ4n) is 2.08. The average Bonchev–Trinajstić information content (AvgIpc) is 2.38. The lowest BCUT2D eigenvalue weighted by atomic mass is 10.2. The lowest BCUT2D eigenvalue weighted by Gasteiger charge is -2.33. The number of hydrogen-bond donors (Lipinski definition) is 2. The van der Waals surface area contributed by atoms with E-state index >= 15 is 0 Å². The molecule has 1 aromatic carbocycles. The van der Waals surface area contributed by atoms with Gasteiger partial charge in [0.2, 0.25) is 0 Å². The van der Waals surface area contributed by atoms with Crippen LogP contribution in [0.5, 0.6) is 0 Å². The van der Waals surface area contributed by atoms with Gasteiger partial charge in [-0.25, -0.2) is 4.79 Å². The lowest BCUT2D eigenvalue weighted by molar-refractivity contribution is -0.137. The number of carbonyl (C=O) groups is 1. The molecule has 0 saturated carbocycles. The van der Waals surface area contributed by atoms with E-state index in [0.717, 1.165) is 12.1 Å². The maximum atomic E-state index is 12.4. The van der Waals surface area contributed by atoms with Gasteiger partial charge in [-0.15, -0.1) is 0 Å². The third-order valence-electron chi connectivity index (χ3n) is 3.23. The standard InChI is InChI=1S/C13H16F3N3O/c1-9-8-17-6-7-19(9)12(20)18-11-4-2-10(3-5-11)13(14,15)16/h2-5,9,17H,6-8H2,1H3,(H,18,20)/t9-/m0/s1. The molecule has 0 unspecified atom stereocenters. The van der Waals surface area contributed by atoms with E-state index in [4.69, 9.17) is 0 Å². The molecule has 20 heavy (non-hydrogen) atoms. The second-order valence-corrected chi connectivity index (χ2v) is 4.75. The van der Waals surface area contributed by atoms with Gasteiger partial charge in [0, 0.05) is 31.4 Å². The van der Waals surface area contributed by atoms with Gasteiger partial charge in [-0.05, 0) is 31.2 Å². The summed E-state index contributed by atoms with van der Waals surface area (Å²) >= 11 is 0. The van der Waals surface area contributed by atoms with Gasteiger partial charge in [-0.2, -0.15) is 13.2 Å². The van der Waals surface area contributed by atoms with E-state index in [2.05, 4.69) is 10.6 Å². The minimum atomic E-state index is -4.37. The van der Waals surface area contributed by atoms with Crippen LogP contribution in [0.25, 0.3) is 0 Å². The van der Waals surface area contributed by atoms with E-state index in [1.165, 1.54) is 12.1 Å². The average molecular weight is 287 g/mol. The monoisotopic (exact) mass is 287 g/mol. The summed E-state index contributed by atoms with van der Waals surface area (Å²) in [5.74, 6) is 0. The van der Waals surface area contributed by atoms with Crippen LogP contribution in [0, 0.1) is 0 Å². The highest BCUT2D eigenvalue weighted by molar-refractivity contribution is 5.89. The molecule has 110 valence electrons. The fraction of sp³-hybridized carbons (Fsp3) is 0.462. The highest BCUT2D eigenvalue weighted by atomic mass is 19.4. The number of benzene rings is 1. The van der Waals surface area contributed by atoms with Gasteiger partial charge in [0.1, 0.15) is 0 Å². The number of nitrogens with zero attached hydrogens (tertiary/aromatic N) is 1. The van der Waals surface area contributed by atoms with E-state index in [-0.39, 0.29) is 12.1 Å². The maximum absolute atomic E-state index is 12.4. The molecule has 1 aliphatic rings. The quantitative estimate of drug-likeness (QED) is 0.833. The first-order valence-electron chi connectivity index (χ1n) is 6.33. The van der Waals surface area contributed by atoms with Crippen LogP contribution >= 0.6 is 0 Å². The van der Waals surface area contributed by atoms with Crippen LogP contribution < -0.4 is 10.6 Å². The SMILES string of the molecule is C[C@H]1CNCCN1C(=O)Nc1ccc(C(F)(F)F)cc1. The third kappa shape index (κ3) is 3.41. The van der Waals surface area contributed by atoms with Gasteiger partial charge in [0.15, 0.2) is 0 Å². The maximum Gasteiger partial charge on any atom is 0.416 e. The van der Waals surface area contributed by atoms with Gasteiger partial charge < -0.3 is 15.5 Å². The Hall–Kier alpha value is -1.76. The molecule has 1 atom stereocenters. The van der Waals surface area contributed by atoms with Gasteiger partial charge in [-0.3, -0.25) is 0 Å². The van der Waals surface area contributed by atoms with Crippen molar-refractivity contribution in [1.82, 2.24) is 10.2 Å². The van der Waals surface area contributed by atoms with Crippen molar-refractivity contribution < 1.29 is 18.0 Å². The zero-order chi connectivity index (χ0) is 14.8. The number of nitrogens with one attached hydrogen (secondary N) is 2. The second-order valence-electron chi connectivity index (χ2n) is 4.75. The van der Waals surface area contributed by atoms with Gasteiger partial charge in [-0.1, -0.05) is 0 Å². The van der Waals surface area contributed by atoms with Crippen molar-refractivity contribution in [2.45, 2.75) is 19.1 Å². The number of rotatable bonds is 1. The Bertz CT molecular complexity index is 473. The first-order chi connectivity index (χ1) is 9.38. The van der Waals surface area contributed by atoms with E-state index in [0.29, 0.717) is 25.3 Å². The Morgan fingerprint density at radius 1 is 1.35 bits per heavy atom. The molecule has 1 saturated heterocycles. The highest BCUT2D eigenvalue weighted by Gasteiger charge is 2.30. The van der Waals surface area contributed by atoms with Crippen LogP contribution in [-0.4, -0.2) is 36.6 Å². The van der Waals surface area contributed by atoms with Crippen LogP contribution in [0.4, 0.5) is 23.7 Å². The molecule has 0 bridgehead atoms. The third-order valence-corrected chi connectivity index (χ3v) is 3.23. The molecule has 2 amide bonds. The Morgan fingerprint density at radius 2 is 2.00 bits per heavy atom. The molecule has 1 aromatic rings. The summed E-state index contributed by atoms with van der Waals surface area (Å²) in [4.78, 5) is 13.7. The number of alkyl halides is 3. The summed E-state index contributed by atoms with van der Waals surface area (Å²) in [6.45, 7) is 3.91. The number of hydrogen-bond acceptors (Lipinski definition) is 2. The van der Waals surface area contributed by atoms with Crippen LogP contribution in [-0.2, 0) is 6.18 Å². The molecule has 0 aliphatic carbocycles. The van der Waals surface area contributed by atoms with Crippen LogP contribution in [0.2, 0.25) is 0 Å². The van der Waals surface area contributed by atoms with Crippen molar-refractivity contribution in [1.29, 1.82) is 0 Å². The topological polar surface area (TPSA) is 44.4 Å². The number of carbonyl (C=O) groups excluding carboxylic acids is 1. The van der Waals surface area contributed by atoms with Crippen molar-refractivity contribution in [2.24, 2.45) is 0 Å². The van der Waals surface area contributed by atoms with E-state index in [9.17, 15) is 18.0 Å². The summed E-state index contributed by atoms with van der Waals surface area (Å²) < 4.78 is 37.3. The van der Waals surface area contributed by atoms with Crippen LogP contribution in [0.15, 0.2) is 24.3 Å². The molecule has 4 nitrogen and oxygen atoms in total. The summed E-state index contributed by atoms with van der Waals surface area (Å²) in [7, 11) is 0. The molecule has 1 aliphatic heterocycles. The summed E-state index contributed by atoms with van der Waals surface area (Å²) in [5, 5.41) is 5.77. The van der Waals surface area contributed by atoms with Crippen molar-refractivity contribution in [3.05, 3.63) is 29.8 Å². The van der Waals surface area contributed by atoms with Crippen molar-refractivity contribution in [3.63, 3.8) is 0 Å². The Balaban J connectivity index is 2.01. The highest BCUT2D eigenvalue weighted by Crippen LogP contribution is 2.29. The number of halogens is 3.